The zero-order valence-electron chi connectivity index (χ0n) is 16.7. The van der Waals surface area contributed by atoms with E-state index in [1.54, 1.807) is 25.3 Å². The third-order valence-electron chi connectivity index (χ3n) is 5.64. The first-order valence-corrected chi connectivity index (χ1v) is 9.79. The third-order valence-corrected chi connectivity index (χ3v) is 5.64. The van der Waals surface area contributed by atoms with Crippen LogP contribution in [-0.2, 0) is 9.59 Å². The summed E-state index contributed by atoms with van der Waals surface area (Å²) in [5, 5.41) is 3.33. The molecule has 4 rings (SSSR count). The van der Waals surface area contributed by atoms with Crippen molar-refractivity contribution in [2.75, 3.05) is 38.2 Å². The Kier molecular flexibility index (Phi) is 6.95. The van der Waals surface area contributed by atoms with Crippen molar-refractivity contribution in [1.29, 1.82) is 0 Å². The van der Waals surface area contributed by atoms with Gasteiger partial charge in [-0.05, 0) is 18.2 Å². The maximum atomic E-state index is 14.2. The molecule has 6 nitrogen and oxygen atoms in total. The standard InChI is InChI=1S/C22H24FN3O3.ClH/c1-29-20-9-5-2-6-16(20)19-13-24-10-11-25(19)22(28)15-12-21(27)26(14-15)18-8-4-3-7-17(18)23;/h2-9,15,19,24H,10-14H2,1H3;1H. The van der Waals surface area contributed by atoms with Crippen molar-refractivity contribution in [2.24, 2.45) is 5.92 Å². The first kappa shape index (κ1) is 22.1. The quantitative estimate of drug-likeness (QED) is 0.805. The largest absolute Gasteiger partial charge is 0.496 e. The van der Waals surface area contributed by atoms with Crippen molar-refractivity contribution < 1.29 is 18.7 Å². The third kappa shape index (κ3) is 4.13. The second kappa shape index (κ2) is 9.45. The molecule has 30 heavy (non-hydrogen) atoms. The van der Waals surface area contributed by atoms with Crippen molar-refractivity contribution in [3.8, 4) is 5.75 Å². The predicted molar refractivity (Wildman–Crippen MR) is 114 cm³/mol. The number of rotatable bonds is 4. The highest BCUT2D eigenvalue weighted by Crippen LogP contribution is 2.34. The summed E-state index contributed by atoms with van der Waals surface area (Å²) in [6.45, 7) is 2.05. The number of hydrogen-bond acceptors (Lipinski definition) is 4. The Bertz CT molecular complexity index is 926. The van der Waals surface area contributed by atoms with Gasteiger partial charge in [-0.25, -0.2) is 4.39 Å². The average Bonchev–Trinajstić information content (AvgIpc) is 3.15. The van der Waals surface area contributed by atoms with E-state index >= 15 is 0 Å². The van der Waals surface area contributed by atoms with E-state index in [0.717, 1.165) is 11.3 Å². The van der Waals surface area contributed by atoms with Crippen LogP contribution in [0.5, 0.6) is 5.75 Å². The second-order valence-electron chi connectivity index (χ2n) is 7.35. The Morgan fingerprint density at radius 1 is 1.17 bits per heavy atom. The Labute approximate surface area is 181 Å². The molecule has 0 aromatic heterocycles. The van der Waals surface area contributed by atoms with Crippen LogP contribution < -0.4 is 15.0 Å². The molecule has 2 aromatic rings. The van der Waals surface area contributed by atoms with E-state index < -0.39 is 11.7 Å². The van der Waals surface area contributed by atoms with E-state index in [-0.39, 0.29) is 48.9 Å². The monoisotopic (exact) mass is 433 g/mol. The lowest BCUT2D eigenvalue weighted by Crippen LogP contribution is -2.50. The van der Waals surface area contributed by atoms with Gasteiger partial charge >= 0.3 is 0 Å². The van der Waals surface area contributed by atoms with E-state index in [2.05, 4.69) is 5.32 Å². The molecule has 1 N–H and O–H groups in total. The minimum Gasteiger partial charge on any atom is -0.496 e. The smallest absolute Gasteiger partial charge is 0.228 e. The van der Waals surface area contributed by atoms with Gasteiger partial charge in [-0.2, -0.15) is 0 Å². The molecule has 2 fully saturated rings. The van der Waals surface area contributed by atoms with Crippen LogP contribution in [0.25, 0.3) is 0 Å². The molecule has 0 aliphatic carbocycles. The van der Waals surface area contributed by atoms with Gasteiger partial charge in [0, 0.05) is 38.2 Å². The molecule has 2 aliphatic rings. The second-order valence-corrected chi connectivity index (χ2v) is 7.35. The molecular formula is C22H25ClFN3O3. The molecule has 2 aromatic carbocycles. The van der Waals surface area contributed by atoms with Crippen LogP contribution in [0.15, 0.2) is 48.5 Å². The van der Waals surface area contributed by atoms with Crippen LogP contribution in [0.4, 0.5) is 10.1 Å². The van der Waals surface area contributed by atoms with Gasteiger partial charge in [0.1, 0.15) is 11.6 Å². The Morgan fingerprint density at radius 2 is 1.90 bits per heavy atom. The Balaban J connectivity index is 0.00000256. The van der Waals surface area contributed by atoms with Crippen LogP contribution in [0.1, 0.15) is 18.0 Å². The summed E-state index contributed by atoms with van der Waals surface area (Å²) in [6, 6.07) is 13.7. The molecule has 2 amide bonds. The summed E-state index contributed by atoms with van der Waals surface area (Å²) in [4.78, 5) is 29.1. The van der Waals surface area contributed by atoms with Crippen molar-refractivity contribution >= 4 is 29.9 Å². The fourth-order valence-electron chi connectivity index (χ4n) is 4.20. The fourth-order valence-corrected chi connectivity index (χ4v) is 4.20. The summed E-state index contributed by atoms with van der Waals surface area (Å²) < 4.78 is 19.6. The van der Waals surface area contributed by atoms with E-state index in [9.17, 15) is 14.0 Å². The van der Waals surface area contributed by atoms with Crippen molar-refractivity contribution in [2.45, 2.75) is 12.5 Å². The van der Waals surface area contributed by atoms with E-state index in [0.29, 0.717) is 19.6 Å². The number of methoxy groups -OCH3 is 1. The summed E-state index contributed by atoms with van der Waals surface area (Å²) in [5.74, 6) is -0.512. The molecule has 2 saturated heterocycles. The minimum atomic E-state index is -0.489. The molecule has 0 radical (unpaired) electrons. The Morgan fingerprint density at radius 3 is 2.67 bits per heavy atom. The SMILES string of the molecule is COc1ccccc1C1CNCCN1C(=O)C1CC(=O)N(c2ccccc2F)C1.Cl. The highest BCUT2D eigenvalue weighted by Gasteiger charge is 2.40. The van der Waals surface area contributed by atoms with Gasteiger partial charge in [0.05, 0.1) is 24.8 Å². The normalized spacial score (nSPS) is 21.3. The van der Waals surface area contributed by atoms with Gasteiger partial charge in [0.15, 0.2) is 0 Å². The molecule has 0 saturated carbocycles. The molecule has 2 aliphatic heterocycles. The van der Waals surface area contributed by atoms with Crippen LogP contribution in [0, 0.1) is 11.7 Å². The highest BCUT2D eigenvalue weighted by molar-refractivity contribution is 6.00. The van der Waals surface area contributed by atoms with E-state index in [1.165, 1.54) is 11.0 Å². The van der Waals surface area contributed by atoms with Gasteiger partial charge in [0.2, 0.25) is 11.8 Å². The molecule has 2 heterocycles. The van der Waals surface area contributed by atoms with Crippen LogP contribution in [0.2, 0.25) is 0 Å². The van der Waals surface area contributed by atoms with E-state index in [4.69, 9.17) is 4.74 Å². The molecular weight excluding hydrogens is 409 g/mol. The zero-order valence-corrected chi connectivity index (χ0v) is 17.5. The number of nitrogens with zero attached hydrogens (tertiary/aromatic N) is 2. The number of piperazine rings is 1. The lowest BCUT2D eigenvalue weighted by atomic mass is 9.99. The number of nitrogens with one attached hydrogen (secondary N) is 1. The maximum Gasteiger partial charge on any atom is 0.228 e. The average molecular weight is 434 g/mol. The van der Waals surface area contributed by atoms with Gasteiger partial charge in [-0.1, -0.05) is 30.3 Å². The fraction of sp³-hybridized carbons (Fsp3) is 0.364. The van der Waals surface area contributed by atoms with Crippen molar-refractivity contribution in [3.05, 3.63) is 59.9 Å². The summed E-state index contributed by atoms with van der Waals surface area (Å²) in [7, 11) is 1.61. The first-order valence-electron chi connectivity index (χ1n) is 9.79. The van der Waals surface area contributed by atoms with E-state index in [1.807, 2.05) is 29.2 Å². The number of amides is 2. The summed E-state index contributed by atoms with van der Waals surface area (Å²) in [6.07, 6.45) is 0.0930. The lowest BCUT2D eigenvalue weighted by Gasteiger charge is -2.38. The topological polar surface area (TPSA) is 61.9 Å². The maximum absolute atomic E-state index is 14.2. The molecule has 2 unspecified atom stereocenters. The number of carbonyl (C=O) groups excluding carboxylic acids is 2. The number of para-hydroxylation sites is 2. The van der Waals surface area contributed by atoms with Crippen molar-refractivity contribution in [1.82, 2.24) is 10.2 Å². The Hall–Kier alpha value is -2.64. The molecule has 0 spiro atoms. The molecule has 8 heteroatoms. The van der Waals surface area contributed by atoms with Crippen molar-refractivity contribution in [3.63, 3.8) is 0 Å². The summed E-state index contributed by atoms with van der Waals surface area (Å²) >= 11 is 0. The first-order chi connectivity index (χ1) is 14.1. The van der Waals surface area contributed by atoms with Gasteiger partial charge in [-0.3, -0.25) is 9.59 Å². The summed E-state index contributed by atoms with van der Waals surface area (Å²) in [5.41, 5.74) is 1.17. The lowest BCUT2D eigenvalue weighted by molar-refractivity contribution is -0.139. The highest BCUT2D eigenvalue weighted by atomic mass is 35.5. The number of halogens is 2. The van der Waals surface area contributed by atoms with Crippen LogP contribution in [-0.4, -0.2) is 50.0 Å². The van der Waals surface area contributed by atoms with Crippen LogP contribution >= 0.6 is 12.4 Å². The number of anilines is 1. The zero-order chi connectivity index (χ0) is 20.4. The predicted octanol–water partition coefficient (Wildman–Crippen LogP) is 2.78. The number of benzene rings is 2. The molecule has 2 atom stereocenters. The van der Waals surface area contributed by atoms with Gasteiger partial charge in [-0.15, -0.1) is 12.4 Å². The number of hydrogen-bond donors (Lipinski definition) is 1. The molecule has 160 valence electrons. The van der Waals surface area contributed by atoms with Crippen LogP contribution in [0.3, 0.4) is 0 Å². The minimum absolute atomic E-state index is 0. The molecule has 0 bridgehead atoms. The van der Waals surface area contributed by atoms with Gasteiger partial charge < -0.3 is 19.9 Å². The van der Waals surface area contributed by atoms with Gasteiger partial charge in [0.25, 0.3) is 0 Å². The number of ether oxygens (including phenoxy) is 1. The number of carbonyl (C=O) groups is 2.